The molecule has 0 unspecified atom stereocenters. The van der Waals surface area contributed by atoms with E-state index in [1.165, 1.54) is 0 Å². The minimum absolute atomic E-state index is 0.710. The molecule has 0 atom stereocenters. The van der Waals surface area contributed by atoms with Crippen LogP contribution in [-0.4, -0.2) is 22.0 Å². The van der Waals surface area contributed by atoms with E-state index in [-0.39, 0.29) is 0 Å². The normalized spacial score (nSPS) is 10.7. The van der Waals surface area contributed by atoms with Gasteiger partial charge in [0.15, 0.2) is 5.76 Å². The highest BCUT2D eigenvalue weighted by molar-refractivity contribution is 5.51. The summed E-state index contributed by atoms with van der Waals surface area (Å²) in [5.41, 5.74) is 1.82. The lowest BCUT2D eigenvalue weighted by molar-refractivity contribution is 0.418. The van der Waals surface area contributed by atoms with Crippen molar-refractivity contribution in [2.75, 3.05) is 7.05 Å². The van der Waals surface area contributed by atoms with Crippen molar-refractivity contribution in [3.05, 3.63) is 24.0 Å². The van der Waals surface area contributed by atoms with Crippen molar-refractivity contribution in [3.63, 3.8) is 0 Å². The smallest absolute Gasteiger partial charge is 0.185 e. The Morgan fingerprint density at radius 1 is 1.57 bits per heavy atom. The highest BCUT2D eigenvalue weighted by Crippen LogP contribution is 2.18. The van der Waals surface area contributed by atoms with E-state index in [2.05, 4.69) is 15.6 Å². The minimum atomic E-state index is 0.710. The third-order valence-electron chi connectivity index (χ3n) is 1.99. The van der Waals surface area contributed by atoms with Gasteiger partial charge in [-0.3, -0.25) is 4.68 Å². The Balaban J connectivity index is 2.29. The van der Waals surface area contributed by atoms with Crippen LogP contribution < -0.4 is 5.32 Å². The number of nitrogens with zero attached hydrogens (tertiary/aromatic N) is 3. The summed E-state index contributed by atoms with van der Waals surface area (Å²) < 4.78 is 6.95. The van der Waals surface area contributed by atoms with Crippen LogP contribution in [-0.2, 0) is 13.6 Å². The van der Waals surface area contributed by atoms with Gasteiger partial charge in [-0.15, -0.1) is 0 Å². The molecule has 2 heterocycles. The summed E-state index contributed by atoms with van der Waals surface area (Å²) in [6.45, 7) is 0.710. The number of nitrogens with one attached hydrogen (secondary N) is 1. The molecule has 2 rings (SSSR count). The maximum atomic E-state index is 5.19. The fourth-order valence-electron chi connectivity index (χ4n) is 1.31. The highest BCUT2D eigenvalue weighted by Gasteiger charge is 2.08. The number of rotatable bonds is 3. The van der Waals surface area contributed by atoms with E-state index in [1.807, 2.05) is 26.2 Å². The monoisotopic (exact) mass is 192 g/mol. The van der Waals surface area contributed by atoms with Crippen LogP contribution in [0.5, 0.6) is 0 Å². The summed E-state index contributed by atoms with van der Waals surface area (Å²) in [6.07, 6.45) is 1.73. The van der Waals surface area contributed by atoms with Crippen LogP contribution in [0.15, 0.2) is 22.9 Å². The zero-order valence-corrected chi connectivity index (χ0v) is 8.19. The van der Waals surface area contributed by atoms with Crippen LogP contribution >= 0.6 is 0 Å². The molecular formula is C9H12N4O. The molecule has 1 N–H and O–H groups in total. The van der Waals surface area contributed by atoms with Gasteiger partial charge in [0.2, 0.25) is 0 Å². The molecule has 5 nitrogen and oxygen atoms in total. The van der Waals surface area contributed by atoms with Gasteiger partial charge in [0.05, 0.1) is 5.69 Å². The molecule has 0 aliphatic rings. The third-order valence-corrected chi connectivity index (χ3v) is 1.99. The maximum absolute atomic E-state index is 5.19. The molecule has 0 saturated carbocycles. The Morgan fingerprint density at radius 3 is 3.07 bits per heavy atom. The summed E-state index contributed by atoms with van der Waals surface area (Å²) >= 11 is 0. The molecule has 0 saturated heterocycles. The fourth-order valence-corrected chi connectivity index (χ4v) is 1.31. The van der Waals surface area contributed by atoms with E-state index in [0.29, 0.717) is 6.54 Å². The zero-order chi connectivity index (χ0) is 9.97. The van der Waals surface area contributed by atoms with E-state index >= 15 is 0 Å². The van der Waals surface area contributed by atoms with Crippen molar-refractivity contribution in [2.45, 2.75) is 6.54 Å². The number of hydrogen-bond acceptors (Lipinski definition) is 4. The van der Waals surface area contributed by atoms with Gasteiger partial charge in [-0.2, -0.15) is 5.10 Å². The average molecular weight is 192 g/mol. The van der Waals surface area contributed by atoms with Gasteiger partial charge in [0, 0.05) is 25.9 Å². The van der Waals surface area contributed by atoms with Crippen LogP contribution in [0.25, 0.3) is 11.5 Å². The second kappa shape index (κ2) is 3.63. The molecule has 2 aromatic rings. The van der Waals surface area contributed by atoms with Gasteiger partial charge in [0.1, 0.15) is 5.69 Å². The van der Waals surface area contributed by atoms with Crippen LogP contribution in [0, 0.1) is 0 Å². The number of hydrogen-bond donors (Lipinski definition) is 1. The van der Waals surface area contributed by atoms with Crippen molar-refractivity contribution >= 4 is 0 Å². The molecule has 0 radical (unpaired) electrons. The zero-order valence-electron chi connectivity index (χ0n) is 8.19. The van der Waals surface area contributed by atoms with E-state index in [4.69, 9.17) is 4.52 Å². The lowest BCUT2D eigenvalue weighted by atomic mass is 10.3. The van der Waals surface area contributed by atoms with Gasteiger partial charge < -0.3 is 9.84 Å². The third kappa shape index (κ3) is 1.54. The Labute approximate surface area is 81.7 Å². The van der Waals surface area contributed by atoms with Crippen molar-refractivity contribution < 1.29 is 4.52 Å². The van der Waals surface area contributed by atoms with Crippen LogP contribution in [0.3, 0.4) is 0 Å². The van der Waals surface area contributed by atoms with Crippen molar-refractivity contribution in [1.29, 1.82) is 0 Å². The first kappa shape index (κ1) is 8.96. The molecule has 0 aromatic carbocycles. The van der Waals surface area contributed by atoms with Gasteiger partial charge in [-0.1, -0.05) is 5.16 Å². The SMILES string of the molecule is CNCc1cc(-c2ccnn2C)on1. The predicted octanol–water partition coefficient (Wildman–Crippen LogP) is 0.794. The summed E-state index contributed by atoms with van der Waals surface area (Å²) in [4.78, 5) is 0. The molecular weight excluding hydrogens is 180 g/mol. The fraction of sp³-hybridized carbons (Fsp3) is 0.333. The van der Waals surface area contributed by atoms with Crippen molar-refractivity contribution in [1.82, 2.24) is 20.3 Å². The average Bonchev–Trinajstić information content (AvgIpc) is 2.74. The maximum Gasteiger partial charge on any atom is 0.185 e. The first-order chi connectivity index (χ1) is 6.81. The van der Waals surface area contributed by atoms with E-state index < -0.39 is 0 Å². The number of aromatic nitrogens is 3. The van der Waals surface area contributed by atoms with Crippen LogP contribution in [0.2, 0.25) is 0 Å². The topological polar surface area (TPSA) is 55.9 Å². The van der Waals surface area contributed by atoms with Crippen molar-refractivity contribution in [3.8, 4) is 11.5 Å². The first-order valence-electron chi connectivity index (χ1n) is 4.40. The molecule has 5 heteroatoms. The second-order valence-corrected chi connectivity index (χ2v) is 3.05. The van der Waals surface area contributed by atoms with Gasteiger partial charge >= 0.3 is 0 Å². The molecule has 74 valence electrons. The molecule has 0 bridgehead atoms. The molecule has 14 heavy (non-hydrogen) atoms. The van der Waals surface area contributed by atoms with E-state index in [0.717, 1.165) is 17.1 Å². The lowest BCUT2D eigenvalue weighted by Crippen LogP contribution is -2.04. The summed E-state index contributed by atoms with van der Waals surface area (Å²) in [6, 6.07) is 3.80. The molecule has 0 spiro atoms. The van der Waals surface area contributed by atoms with E-state index in [1.54, 1.807) is 10.9 Å². The molecule has 2 aromatic heterocycles. The highest BCUT2D eigenvalue weighted by atomic mass is 16.5. The lowest BCUT2D eigenvalue weighted by Gasteiger charge is -1.93. The Bertz CT molecular complexity index is 418. The Kier molecular flexibility index (Phi) is 2.32. The molecule has 0 amide bonds. The minimum Gasteiger partial charge on any atom is -0.354 e. The van der Waals surface area contributed by atoms with Crippen LogP contribution in [0.1, 0.15) is 5.69 Å². The Morgan fingerprint density at radius 2 is 2.43 bits per heavy atom. The van der Waals surface area contributed by atoms with Gasteiger partial charge in [0.25, 0.3) is 0 Å². The largest absolute Gasteiger partial charge is 0.354 e. The quantitative estimate of drug-likeness (QED) is 0.781. The first-order valence-corrected chi connectivity index (χ1v) is 4.40. The summed E-state index contributed by atoms with van der Waals surface area (Å²) in [7, 11) is 3.74. The van der Waals surface area contributed by atoms with Crippen LogP contribution in [0.4, 0.5) is 0 Å². The second-order valence-electron chi connectivity index (χ2n) is 3.05. The predicted molar refractivity (Wildman–Crippen MR) is 51.5 cm³/mol. The standard InChI is InChI=1S/C9H12N4O/c1-10-6-7-5-9(14-12-7)8-3-4-11-13(8)2/h3-5,10H,6H2,1-2H3. The van der Waals surface area contributed by atoms with Crippen molar-refractivity contribution in [2.24, 2.45) is 7.05 Å². The molecule has 0 fully saturated rings. The molecule has 0 aliphatic carbocycles. The summed E-state index contributed by atoms with van der Waals surface area (Å²) in [5, 5.41) is 11.0. The Hall–Kier alpha value is -1.62. The number of aryl methyl sites for hydroxylation is 1. The van der Waals surface area contributed by atoms with Gasteiger partial charge in [-0.05, 0) is 13.1 Å². The summed E-state index contributed by atoms with van der Waals surface area (Å²) in [5.74, 6) is 0.746. The van der Waals surface area contributed by atoms with E-state index in [9.17, 15) is 0 Å². The van der Waals surface area contributed by atoms with Gasteiger partial charge in [-0.25, -0.2) is 0 Å². The molecule has 0 aliphatic heterocycles.